The van der Waals surface area contributed by atoms with Gasteiger partial charge in [-0.1, -0.05) is 59.1 Å². The molecule has 2 heteroatoms. The molecule has 0 aliphatic heterocycles. The largest absolute Gasteiger partial charge is 0.377 e. The first-order valence-electron chi connectivity index (χ1n) is 6.16. The SMILES string of the molecule is Br[C@H]1CCCC[C@H]1OCCc1ccccc1. The van der Waals surface area contributed by atoms with Crippen LogP contribution >= 0.6 is 15.9 Å². The molecule has 1 fully saturated rings. The lowest BCUT2D eigenvalue weighted by atomic mass is 9.97. The lowest BCUT2D eigenvalue weighted by Crippen LogP contribution is -2.28. The van der Waals surface area contributed by atoms with Crippen molar-refractivity contribution >= 4 is 15.9 Å². The molecular weight excluding hydrogens is 264 g/mol. The Morgan fingerprint density at radius 1 is 1.12 bits per heavy atom. The molecule has 1 aromatic carbocycles. The molecule has 1 saturated carbocycles. The second-order valence-electron chi connectivity index (χ2n) is 4.45. The van der Waals surface area contributed by atoms with Crippen molar-refractivity contribution < 1.29 is 4.74 Å². The number of benzene rings is 1. The van der Waals surface area contributed by atoms with E-state index >= 15 is 0 Å². The third-order valence-electron chi connectivity index (χ3n) is 3.19. The molecule has 0 spiro atoms. The predicted molar refractivity (Wildman–Crippen MR) is 71.1 cm³/mol. The average Bonchev–Trinajstić information content (AvgIpc) is 2.33. The number of hydrogen-bond donors (Lipinski definition) is 0. The van der Waals surface area contributed by atoms with Gasteiger partial charge in [0.05, 0.1) is 12.7 Å². The Labute approximate surface area is 106 Å². The fraction of sp³-hybridized carbons (Fsp3) is 0.571. The van der Waals surface area contributed by atoms with Crippen LogP contribution in [0.2, 0.25) is 0 Å². The van der Waals surface area contributed by atoms with Crippen molar-refractivity contribution in [3.05, 3.63) is 35.9 Å². The first-order chi connectivity index (χ1) is 7.86. The van der Waals surface area contributed by atoms with Gasteiger partial charge in [0, 0.05) is 4.83 Å². The maximum absolute atomic E-state index is 5.95. The van der Waals surface area contributed by atoms with Crippen LogP contribution in [0.1, 0.15) is 31.2 Å². The Kier molecular flexibility index (Phi) is 4.86. The highest BCUT2D eigenvalue weighted by atomic mass is 79.9. The normalized spacial score (nSPS) is 25.6. The van der Waals surface area contributed by atoms with E-state index in [-0.39, 0.29) is 0 Å². The summed E-state index contributed by atoms with van der Waals surface area (Å²) in [6.45, 7) is 0.844. The van der Waals surface area contributed by atoms with Crippen LogP contribution in [0.3, 0.4) is 0 Å². The molecule has 16 heavy (non-hydrogen) atoms. The molecule has 0 N–H and O–H groups in total. The zero-order chi connectivity index (χ0) is 11.2. The van der Waals surface area contributed by atoms with Gasteiger partial charge in [0.1, 0.15) is 0 Å². The van der Waals surface area contributed by atoms with Gasteiger partial charge in [-0.15, -0.1) is 0 Å². The van der Waals surface area contributed by atoms with E-state index in [4.69, 9.17) is 4.74 Å². The van der Waals surface area contributed by atoms with Crippen molar-refractivity contribution in [1.29, 1.82) is 0 Å². The van der Waals surface area contributed by atoms with E-state index in [2.05, 4.69) is 46.3 Å². The van der Waals surface area contributed by atoms with E-state index in [0.717, 1.165) is 13.0 Å². The molecule has 0 heterocycles. The minimum absolute atomic E-state index is 0.428. The van der Waals surface area contributed by atoms with E-state index in [0.29, 0.717) is 10.9 Å². The van der Waals surface area contributed by atoms with Gasteiger partial charge in [-0.05, 0) is 24.8 Å². The molecule has 0 bridgehead atoms. The summed E-state index contributed by atoms with van der Waals surface area (Å²) in [6.07, 6.45) is 6.59. The van der Waals surface area contributed by atoms with Crippen LogP contribution in [0, 0.1) is 0 Å². The highest BCUT2D eigenvalue weighted by molar-refractivity contribution is 9.09. The summed E-state index contributed by atoms with van der Waals surface area (Å²) >= 11 is 3.72. The lowest BCUT2D eigenvalue weighted by Gasteiger charge is -2.27. The van der Waals surface area contributed by atoms with Crippen LogP contribution in [0.15, 0.2) is 30.3 Å². The van der Waals surface area contributed by atoms with Crippen LogP contribution < -0.4 is 0 Å². The maximum atomic E-state index is 5.95. The second kappa shape index (κ2) is 6.41. The van der Waals surface area contributed by atoms with E-state index in [9.17, 15) is 0 Å². The number of ether oxygens (including phenoxy) is 1. The van der Waals surface area contributed by atoms with Crippen LogP contribution in [-0.2, 0) is 11.2 Å². The molecule has 0 amide bonds. The van der Waals surface area contributed by atoms with E-state index < -0.39 is 0 Å². The molecule has 1 aliphatic rings. The zero-order valence-corrected chi connectivity index (χ0v) is 11.2. The fourth-order valence-corrected chi connectivity index (χ4v) is 2.95. The van der Waals surface area contributed by atoms with Crippen molar-refractivity contribution in [2.24, 2.45) is 0 Å². The summed E-state index contributed by atoms with van der Waals surface area (Å²) < 4.78 is 5.95. The summed E-state index contributed by atoms with van der Waals surface area (Å²) in [5, 5.41) is 0. The zero-order valence-electron chi connectivity index (χ0n) is 9.57. The summed E-state index contributed by atoms with van der Waals surface area (Å²) in [5.74, 6) is 0. The van der Waals surface area contributed by atoms with Crippen molar-refractivity contribution in [3.63, 3.8) is 0 Å². The van der Waals surface area contributed by atoms with E-state index in [1.807, 2.05) is 0 Å². The number of rotatable bonds is 4. The summed E-state index contributed by atoms with van der Waals surface area (Å²) in [4.78, 5) is 0.567. The Hall–Kier alpha value is -0.340. The van der Waals surface area contributed by atoms with Gasteiger partial charge in [0.2, 0.25) is 0 Å². The third-order valence-corrected chi connectivity index (χ3v) is 4.23. The average molecular weight is 283 g/mol. The molecule has 2 rings (SSSR count). The van der Waals surface area contributed by atoms with Crippen LogP contribution in [-0.4, -0.2) is 17.5 Å². The summed E-state index contributed by atoms with van der Waals surface area (Å²) in [5.41, 5.74) is 1.37. The minimum Gasteiger partial charge on any atom is -0.377 e. The molecule has 0 radical (unpaired) electrons. The van der Waals surface area contributed by atoms with Crippen LogP contribution in [0.5, 0.6) is 0 Å². The predicted octanol–water partition coefficient (Wildman–Crippen LogP) is 3.95. The van der Waals surface area contributed by atoms with Gasteiger partial charge in [-0.2, -0.15) is 0 Å². The van der Waals surface area contributed by atoms with E-state index in [1.54, 1.807) is 0 Å². The Bertz CT molecular complexity index is 299. The quantitative estimate of drug-likeness (QED) is 0.760. The Morgan fingerprint density at radius 3 is 2.62 bits per heavy atom. The van der Waals surface area contributed by atoms with Crippen LogP contribution in [0.25, 0.3) is 0 Å². The van der Waals surface area contributed by atoms with Gasteiger partial charge < -0.3 is 4.74 Å². The number of alkyl halides is 1. The molecule has 88 valence electrons. The molecule has 0 unspecified atom stereocenters. The van der Waals surface area contributed by atoms with Crippen molar-refractivity contribution in [2.45, 2.75) is 43.0 Å². The maximum Gasteiger partial charge on any atom is 0.0700 e. The van der Waals surface area contributed by atoms with Crippen molar-refractivity contribution in [1.82, 2.24) is 0 Å². The summed E-state index contributed by atoms with van der Waals surface area (Å²) in [6, 6.07) is 10.6. The second-order valence-corrected chi connectivity index (χ2v) is 5.62. The first kappa shape index (κ1) is 12.1. The highest BCUT2D eigenvalue weighted by Crippen LogP contribution is 2.26. The highest BCUT2D eigenvalue weighted by Gasteiger charge is 2.22. The molecule has 0 saturated heterocycles. The Balaban J connectivity index is 1.71. The van der Waals surface area contributed by atoms with Gasteiger partial charge >= 0.3 is 0 Å². The van der Waals surface area contributed by atoms with Crippen LogP contribution in [0.4, 0.5) is 0 Å². The monoisotopic (exact) mass is 282 g/mol. The molecule has 2 atom stereocenters. The number of hydrogen-bond acceptors (Lipinski definition) is 1. The van der Waals surface area contributed by atoms with Crippen molar-refractivity contribution in [2.75, 3.05) is 6.61 Å². The topological polar surface area (TPSA) is 9.23 Å². The Morgan fingerprint density at radius 2 is 1.88 bits per heavy atom. The minimum atomic E-state index is 0.428. The number of halogens is 1. The molecule has 1 nitrogen and oxygen atoms in total. The fourth-order valence-electron chi connectivity index (χ4n) is 2.21. The van der Waals surface area contributed by atoms with Gasteiger partial charge in [0.15, 0.2) is 0 Å². The lowest BCUT2D eigenvalue weighted by molar-refractivity contribution is 0.0363. The smallest absolute Gasteiger partial charge is 0.0700 e. The van der Waals surface area contributed by atoms with Gasteiger partial charge in [-0.25, -0.2) is 0 Å². The van der Waals surface area contributed by atoms with Gasteiger partial charge in [-0.3, -0.25) is 0 Å². The summed E-state index contributed by atoms with van der Waals surface area (Å²) in [7, 11) is 0. The first-order valence-corrected chi connectivity index (χ1v) is 7.07. The van der Waals surface area contributed by atoms with Gasteiger partial charge in [0.25, 0.3) is 0 Å². The molecular formula is C14H19BrO. The standard InChI is InChI=1S/C14H19BrO/c15-13-8-4-5-9-14(13)16-11-10-12-6-2-1-3-7-12/h1-3,6-7,13-14H,4-5,8-11H2/t13-,14+/m0/s1. The molecule has 1 aromatic rings. The molecule has 0 aromatic heterocycles. The molecule has 1 aliphatic carbocycles. The van der Waals surface area contributed by atoms with E-state index in [1.165, 1.54) is 31.2 Å². The van der Waals surface area contributed by atoms with Crippen molar-refractivity contribution in [3.8, 4) is 0 Å². The third kappa shape index (κ3) is 3.60.